The zero-order valence-corrected chi connectivity index (χ0v) is 24.9. The third kappa shape index (κ3) is 5.04. The van der Waals surface area contributed by atoms with Crippen LogP contribution in [0.4, 0.5) is 22.7 Å². The van der Waals surface area contributed by atoms with Gasteiger partial charge >= 0.3 is 0 Å². The number of anilines is 2. The maximum atomic E-state index is 12.7. The van der Waals surface area contributed by atoms with Crippen LogP contribution in [-0.4, -0.2) is 11.8 Å². The van der Waals surface area contributed by atoms with Gasteiger partial charge in [0.25, 0.3) is 11.8 Å². The van der Waals surface area contributed by atoms with Gasteiger partial charge < -0.3 is 20.1 Å². The number of hydrogen-bond donors (Lipinski definition) is 2. The number of hydrogen-bond acceptors (Lipinski definition) is 6. The Morgan fingerprint density at radius 3 is 1.36 bits per heavy atom. The quantitative estimate of drug-likeness (QED) is 0.207. The number of aryl methyl sites for hydroxylation is 2. The number of halogens is 2. The molecule has 2 N–H and O–H groups in total. The molecule has 5 aromatic carbocycles. The summed E-state index contributed by atoms with van der Waals surface area (Å²) in [5, 5.41) is 6.69. The van der Waals surface area contributed by atoms with Crippen molar-refractivity contribution in [3.8, 4) is 23.0 Å². The van der Waals surface area contributed by atoms with Crippen LogP contribution >= 0.6 is 23.2 Å². The van der Waals surface area contributed by atoms with Gasteiger partial charge in [-0.1, -0.05) is 58.6 Å². The van der Waals surface area contributed by atoms with Gasteiger partial charge in [-0.15, -0.1) is 0 Å². The monoisotopic (exact) mass is 620 g/mol. The molecule has 0 aliphatic carbocycles. The molecular formula is C34H22Cl2N4O4. The Hall–Kier alpha value is -5.18. The maximum absolute atomic E-state index is 12.7. The highest BCUT2D eigenvalue weighted by Crippen LogP contribution is 2.43. The highest BCUT2D eigenvalue weighted by atomic mass is 35.5. The normalized spacial score (nSPS) is 12.1. The Bertz CT molecular complexity index is 1990. The molecule has 7 rings (SSSR count). The van der Waals surface area contributed by atoms with E-state index in [-0.39, 0.29) is 33.4 Å². The minimum Gasteiger partial charge on any atom is -0.451 e. The molecule has 2 aliphatic heterocycles. The highest BCUT2D eigenvalue weighted by Gasteiger charge is 2.27. The van der Waals surface area contributed by atoms with Crippen LogP contribution in [0.25, 0.3) is 0 Å². The third-order valence-electron chi connectivity index (χ3n) is 7.20. The number of nitrogens with one attached hydrogen (secondary N) is 2. The molecule has 0 atom stereocenters. The zero-order chi connectivity index (χ0) is 30.5. The van der Waals surface area contributed by atoms with Gasteiger partial charge in [0, 0.05) is 34.6 Å². The predicted molar refractivity (Wildman–Crippen MR) is 169 cm³/mol. The van der Waals surface area contributed by atoms with Crippen molar-refractivity contribution >= 4 is 57.8 Å². The summed E-state index contributed by atoms with van der Waals surface area (Å²) < 4.78 is 12.3. The van der Waals surface area contributed by atoms with Crippen LogP contribution in [0, 0.1) is 13.8 Å². The smallest absolute Gasteiger partial charge is 0.255 e. The van der Waals surface area contributed by atoms with E-state index in [0.717, 1.165) is 11.1 Å². The van der Waals surface area contributed by atoms with Gasteiger partial charge in [-0.25, -0.2) is 9.98 Å². The molecule has 0 unspecified atom stereocenters. The van der Waals surface area contributed by atoms with Crippen LogP contribution < -0.4 is 30.8 Å². The fourth-order valence-corrected chi connectivity index (χ4v) is 5.33. The summed E-state index contributed by atoms with van der Waals surface area (Å²) in [6.45, 7) is 3.92. The molecular weight excluding hydrogens is 599 g/mol. The molecule has 2 aliphatic rings. The van der Waals surface area contributed by atoms with Gasteiger partial charge in [0.1, 0.15) is 32.1 Å². The van der Waals surface area contributed by atoms with Crippen molar-refractivity contribution < 1.29 is 19.1 Å². The molecule has 2 heterocycles. The predicted octanol–water partition coefficient (Wildman–Crippen LogP) is 8.23. The van der Waals surface area contributed by atoms with Gasteiger partial charge in [0.15, 0.2) is 23.0 Å². The Morgan fingerprint density at radius 2 is 0.977 bits per heavy atom. The molecule has 0 fully saturated rings. The SMILES string of the molecule is Cc1ccc(C(=O)Nc2ccc3c(c2)Oc2c(Cl)c4c(c(Cl)c2=N3)Oc2cc(NC(=O)c3ccc(C)cc3)ccc2N=4)cc1. The number of rotatable bonds is 4. The third-order valence-corrected chi connectivity index (χ3v) is 7.90. The van der Waals surface area contributed by atoms with Crippen molar-refractivity contribution in [1.82, 2.24) is 0 Å². The molecule has 0 bridgehead atoms. The van der Waals surface area contributed by atoms with Crippen molar-refractivity contribution in [2.45, 2.75) is 13.8 Å². The summed E-state index contributed by atoms with van der Waals surface area (Å²) in [5.74, 6) is 0.735. The van der Waals surface area contributed by atoms with Gasteiger partial charge in [-0.05, 0) is 62.4 Å². The number of fused-ring (bicyclic) bond motifs is 4. The molecule has 2 amide bonds. The first-order valence-corrected chi connectivity index (χ1v) is 14.4. The first-order valence-electron chi connectivity index (χ1n) is 13.6. The second-order valence-electron chi connectivity index (χ2n) is 10.4. The highest BCUT2D eigenvalue weighted by molar-refractivity contribution is 6.35. The largest absolute Gasteiger partial charge is 0.451 e. The van der Waals surface area contributed by atoms with Crippen molar-refractivity contribution in [2.24, 2.45) is 9.98 Å². The Kier molecular flexibility index (Phi) is 6.80. The van der Waals surface area contributed by atoms with Crippen LogP contribution in [-0.2, 0) is 0 Å². The number of ether oxygens (including phenoxy) is 2. The first-order chi connectivity index (χ1) is 21.2. The average Bonchev–Trinajstić information content (AvgIpc) is 3.03. The number of nitrogens with zero attached hydrogens (tertiary/aromatic N) is 2. The van der Waals surface area contributed by atoms with Gasteiger partial charge in [0.2, 0.25) is 0 Å². The number of carbonyl (C=O) groups excluding carboxylic acids is 2. The Balaban J connectivity index is 1.18. The van der Waals surface area contributed by atoms with Crippen LogP contribution in [0.3, 0.4) is 0 Å². The van der Waals surface area contributed by atoms with E-state index in [1.54, 1.807) is 60.7 Å². The van der Waals surface area contributed by atoms with E-state index >= 15 is 0 Å². The molecule has 0 aromatic heterocycles. The molecule has 0 saturated carbocycles. The lowest BCUT2D eigenvalue weighted by molar-refractivity contribution is 0.101. The number of carbonyl (C=O) groups is 2. The molecule has 8 nitrogen and oxygen atoms in total. The van der Waals surface area contributed by atoms with Crippen LogP contribution in [0.5, 0.6) is 23.0 Å². The molecule has 0 radical (unpaired) electrons. The van der Waals surface area contributed by atoms with Crippen LogP contribution in [0.1, 0.15) is 31.8 Å². The molecule has 0 saturated heterocycles. The van der Waals surface area contributed by atoms with E-state index < -0.39 is 0 Å². The van der Waals surface area contributed by atoms with Crippen molar-refractivity contribution in [3.05, 3.63) is 128 Å². The summed E-state index contributed by atoms with van der Waals surface area (Å²) in [6, 6.07) is 24.8. The second kappa shape index (κ2) is 10.8. The van der Waals surface area contributed by atoms with Crippen molar-refractivity contribution in [2.75, 3.05) is 10.6 Å². The van der Waals surface area contributed by atoms with Crippen LogP contribution in [0.15, 0.2) is 94.9 Å². The van der Waals surface area contributed by atoms with E-state index in [1.165, 1.54) is 0 Å². The van der Waals surface area contributed by atoms with Gasteiger partial charge in [0.05, 0.1) is 0 Å². The molecule has 10 heteroatoms. The van der Waals surface area contributed by atoms with Crippen molar-refractivity contribution in [3.63, 3.8) is 0 Å². The maximum Gasteiger partial charge on any atom is 0.255 e. The molecule has 216 valence electrons. The van der Waals surface area contributed by atoms with Crippen molar-refractivity contribution in [1.29, 1.82) is 0 Å². The van der Waals surface area contributed by atoms with E-state index in [0.29, 0.717) is 56.1 Å². The summed E-state index contributed by atoms with van der Waals surface area (Å²) in [4.78, 5) is 34.9. The lowest BCUT2D eigenvalue weighted by atomic mass is 10.1. The standard InChI is InChI=1S/C34H22Cl2N4O4/c1-17-3-7-19(8-4-17)33(41)37-21-11-13-23-25(15-21)43-31-27(35)30-32(28(36)29(31)39-23)44-26-16-22(12-14-24(26)40-30)38-34(42)20-9-5-18(2)6-10-20/h3-16H,1-2H3,(H,37,41)(H,38,42). The molecule has 5 aromatic rings. The lowest BCUT2D eigenvalue weighted by Gasteiger charge is -2.21. The summed E-state index contributed by atoms with van der Waals surface area (Å²) in [5.41, 5.74) is 5.25. The Morgan fingerprint density at radius 1 is 0.591 bits per heavy atom. The summed E-state index contributed by atoms with van der Waals surface area (Å²) >= 11 is 13.6. The zero-order valence-electron chi connectivity index (χ0n) is 23.4. The van der Waals surface area contributed by atoms with E-state index in [2.05, 4.69) is 20.6 Å². The summed E-state index contributed by atoms with van der Waals surface area (Å²) in [6.07, 6.45) is 0. The minimum atomic E-state index is -0.249. The van der Waals surface area contributed by atoms with E-state index in [1.807, 2.05) is 38.1 Å². The Labute approximate surface area is 261 Å². The van der Waals surface area contributed by atoms with Gasteiger partial charge in [-0.2, -0.15) is 0 Å². The fraction of sp³-hybridized carbons (Fsp3) is 0.0588. The number of benzene rings is 5. The lowest BCUT2D eigenvalue weighted by Crippen LogP contribution is -2.22. The van der Waals surface area contributed by atoms with E-state index in [4.69, 9.17) is 32.7 Å². The topological polar surface area (TPSA) is 101 Å². The first kappa shape index (κ1) is 27.6. The number of amides is 2. The molecule has 44 heavy (non-hydrogen) atoms. The minimum absolute atomic E-state index is 0.172. The van der Waals surface area contributed by atoms with E-state index in [9.17, 15) is 9.59 Å². The van der Waals surface area contributed by atoms with Gasteiger partial charge in [-0.3, -0.25) is 9.59 Å². The average molecular weight is 621 g/mol. The fourth-order valence-electron chi connectivity index (χ4n) is 4.82. The second-order valence-corrected chi connectivity index (χ2v) is 11.2. The van der Waals surface area contributed by atoms with Crippen LogP contribution in [0.2, 0.25) is 10.0 Å². The molecule has 0 spiro atoms. The summed E-state index contributed by atoms with van der Waals surface area (Å²) in [7, 11) is 0.